The molecular formula is C25H29Cl2N2O6S4+. The van der Waals surface area contributed by atoms with Gasteiger partial charge in [-0.2, -0.15) is 21.4 Å². The van der Waals surface area contributed by atoms with E-state index < -0.39 is 20.2 Å². The summed E-state index contributed by atoms with van der Waals surface area (Å²) in [5.41, 5.74) is 2.90. The molecule has 1 aliphatic heterocycles. The van der Waals surface area contributed by atoms with Crippen LogP contribution in [0.15, 0.2) is 58.8 Å². The molecule has 2 heterocycles. The molecule has 8 nitrogen and oxygen atoms in total. The van der Waals surface area contributed by atoms with Gasteiger partial charge in [-0.05, 0) is 42.7 Å². The van der Waals surface area contributed by atoms with Crippen molar-refractivity contribution < 1.29 is 30.5 Å². The molecule has 4 rings (SSSR count). The van der Waals surface area contributed by atoms with Gasteiger partial charge in [0.15, 0.2) is 6.54 Å². The van der Waals surface area contributed by atoms with E-state index in [-0.39, 0.29) is 35.0 Å². The summed E-state index contributed by atoms with van der Waals surface area (Å²) in [5.74, 6) is -0.670. The Morgan fingerprint density at radius 2 is 1.85 bits per heavy atom. The highest BCUT2D eigenvalue weighted by molar-refractivity contribution is 8.04. The van der Waals surface area contributed by atoms with Gasteiger partial charge in [-0.15, -0.1) is 11.6 Å². The van der Waals surface area contributed by atoms with Crippen LogP contribution < -0.4 is 4.57 Å². The molecule has 1 aromatic carbocycles. The molecule has 0 radical (unpaired) electrons. The van der Waals surface area contributed by atoms with Crippen molar-refractivity contribution in [3.63, 3.8) is 0 Å². The fraction of sp³-hybridized carbons (Fsp3) is 0.400. The molecule has 1 saturated heterocycles. The number of rotatable bonds is 11. The number of aryl methyl sites for hydroxylation is 1. The van der Waals surface area contributed by atoms with Crippen molar-refractivity contribution in [2.75, 3.05) is 18.1 Å². The summed E-state index contributed by atoms with van der Waals surface area (Å²) in [6, 6.07) is 5.59. The lowest BCUT2D eigenvalue weighted by atomic mass is 10.1. The molecule has 2 unspecified atom stereocenters. The number of hydrogen-bond donors (Lipinski definition) is 2. The topological polar surface area (TPSA) is 116 Å². The van der Waals surface area contributed by atoms with Crippen LogP contribution in [0.4, 0.5) is 0 Å². The van der Waals surface area contributed by atoms with E-state index in [2.05, 4.69) is 17.1 Å². The van der Waals surface area contributed by atoms with Crippen LogP contribution in [0.5, 0.6) is 0 Å². The van der Waals surface area contributed by atoms with Crippen LogP contribution in [0.3, 0.4) is 0 Å². The molecule has 0 saturated carbocycles. The van der Waals surface area contributed by atoms with E-state index in [4.69, 9.17) is 23.2 Å². The van der Waals surface area contributed by atoms with Gasteiger partial charge in [0.1, 0.15) is 4.70 Å². The number of nitrogens with zero attached hydrogens (tertiary/aromatic N) is 2. The van der Waals surface area contributed by atoms with E-state index >= 15 is 0 Å². The smallest absolute Gasteiger partial charge is 0.265 e. The number of thiazole rings is 1. The number of hydrogen-bond acceptors (Lipinski definition) is 7. The molecule has 2 N–H and O–H groups in total. The molecule has 2 atom stereocenters. The van der Waals surface area contributed by atoms with Gasteiger partial charge in [-0.3, -0.25) is 9.11 Å². The summed E-state index contributed by atoms with van der Waals surface area (Å²) in [4.78, 5) is 2.06. The first-order valence-electron chi connectivity index (χ1n) is 12.3. The van der Waals surface area contributed by atoms with Crippen molar-refractivity contribution in [2.45, 2.75) is 43.4 Å². The van der Waals surface area contributed by atoms with Gasteiger partial charge in [0.25, 0.3) is 25.2 Å². The molecule has 212 valence electrons. The van der Waals surface area contributed by atoms with Crippen molar-refractivity contribution in [2.24, 2.45) is 0 Å². The Morgan fingerprint density at radius 1 is 1.13 bits per heavy atom. The second-order valence-corrected chi connectivity index (χ2v) is 15.5. The van der Waals surface area contributed by atoms with Crippen molar-refractivity contribution >= 4 is 82.8 Å². The largest absolute Gasteiger partial charge is 0.339 e. The minimum atomic E-state index is -4.08. The first-order chi connectivity index (χ1) is 18.3. The molecule has 1 aliphatic carbocycles. The van der Waals surface area contributed by atoms with E-state index in [1.807, 2.05) is 47.9 Å². The molecule has 0 bridgehead atoms. The number of alkyl halides is 1. The molecule has 39 heavy (non-hydrogen) atoms. The minimum absolute atomic E-state index is 0.0620. The van der Waals surface area contributed by atoms with Gasteiger partial charge < -0.3 is 4.90 Å². The van der Waals surface area contributed by atoms with E-state index in [1.54, 1.807) is 23.1 Å². The van der Waals surface area contributed by atoms with Gasteiger partial charge in [-0.25, -0.2) is 0 Å². The number of halogens is 2. The molecule has 2 aliphatic rings. The van der Waals surface area contributed by atoms with Crippen molar-refractivity contribution in [3.05, 3.63) is 68.8 Å². The third-order valence-electron chi connectivity index (χ3n) is 6.20. The van der Waals surface area contributed by atoms with Crippen LogP contribution in [0.2, 0.25) is 5.02 Å². The highest BCUT2D eigenvalue weighted by atomic mass is 35.5. The molecule has 1 fully saturated rings. The van der Waals surface area contributed by atoms with Crippen molar-refractivity contribution in [1.29, 1.82) is 0 Å². The maximum absolute atomic E-state index is 11.3. The minimum Gasteiger partial charge on any atom is -0.339 e. The Morgan fingerprint density at radius 3 is 2.54 bits per heavy atom. The van der Waals surface area contributed by atoms with Crippen LogP contribution in [-0.2, 0) is 26.8 Å². The molecule has 0 amide bonds. The second-order valence-electron chi connectivity index (χ2n) is 9.15. The first kappa shape index (κ1) is 30.6. The monoisotopic (exact) mass is 651 g/mol. The maximum Gasteiger partial charge on any atom is 0.265 e. The second kappa shape index (κ2) is 12.6. The molecule has 1 aromatic heterocycles. The Balaban J connectivity index is 1.69. The zero-order valence-electron chi connectivity index (χ0n) is 21.0. The summed E-state index contributed by atoms with van der Waals surface area (Å²) in [6.07, 6.45) is 11.3. The average Bonchev–Trinajstić information content (AvgIpc) is 3.34. The fourth-order valence-corrected chi connectivity index (χ4v) is 8.23. The fourth-order valence-electron chi connectivity index (χ4n) is 4.42. The third kappa shape index (κ3) is 8.32. The maximum atomic E-state index is 11.3. The lowest BCUT2D eigenvalue weighted by Gasteiger charge is -2.24. The zero-order valence-corrected chi connectivity index (χ0v) is 25.8. The van der Waals surface area contributed by atoms with Crippen molar-refractivity contribution in [3.8, 4) is 0 Å². The summed E-state index contributed by atoms with van der Waals surface area (Å²) in [5, 5.41) is 2.24. The highest BCUT2D eigenvalue weighted by Crippen LogP contribution is 2.45. The normalized spacial score (nSPS) is 21.2. The zero-order chi connectivity index (χ0) is 28.4. The summed E-state index contributed by atoms with van der Waals surface area (Å²) in [6.45, 7) is 2.83. The lowest BCUT2D eigenvalue weighted by molar-refractivity contribution is -0.668. The SMILES string of the molecule is CCC(=Cc1sc2ccc(Cl)cc2[n+]1CCCS(=O)(=O)O)C=C1SC2C=CC(Cl)C=C2N1CCCS(=O)(=O)O. The number of allylic oxidation sites excluding steroid dienone is 4. The van der Waals surface area contributed by atoms with E-state index in [1.165, 1.54) is 0 Å². The summed E-state index contributed by atoms with van der Waals surface area (Å²) in [7, 11) is -8.14. The number of thioether (sulfide) groups is 1. The highest BCUT2D eigenvalue weighted by Gasteiger charge is 2.33. The number of aromatic nitrogens is 1. The predicted molar refractivity (Wildman–Crippen MR) is 160 cm³/mol. The summed E-state index contributed by atoms with van der Waals surface area (Å²) < 4.78 is 66.7. The van der Waals surface area contributed by atoms with E-state index in [0.717, 1.165) is 31.5 Å². The molecule has 0 spiro atoms. The first-order valence-corrected chi connectivity index (χ1v) is 18.0. The van der Waals surface area contributed by atoms with Gasteiger partial charge in [0.05, 0.1) is 27.2 Å². The van der Waals surface area contributed by atoms with E-state index in [9.17, 15) is 25.9 Å². The van der Waals surface area contributed by atoms with Gasteiger partial charge in [0, 0.05) is 35.8 Å². The Hall–Kier alpha value is -1.38. The lowest BCUT2D eigenvalue weighted by Crippen LogP contribution is -2.36. The average molecular weight is 653 g/mol. The van der Waals surface area contributed by atoms with Crippen LogP contribution >= 0.6 is 46.3 Å². The predicted octanol–water partition coefficient (Wildman–Crippen LogP) is 5.51. The van der Waals surface area contributed by atoms with Gasteiger partial charge >= 0.3 is 0 Å². The Bertz CT molecular complexity index is 1580. The molecular weight excluding hydrogens is 623 g/mol. The molecule has 2 aromatic rings. The summed E-state index contributed by atoms with van der Waals surface area (Å²) >= 11 is 15.8. The third-order valence-corrected chi connectivity index (χ3v) is 10.7. The van der Waals surface area contributed by atoms with Crippen LogP contribution in [-0.4, -0.2) is 59.5 Å². The Kier molecular flexibility index (Phi) is 9.91. The quantitative estimate of drug-likeness (QED) is 0.141. The standard InChI is InChI=1S/C25H28Cl2N2O6S4/c1-2-17(13-24-28(9-3-11-38(30,31)32)20-15-18(26)5-7-22(20)36-24)14-25-29(10-4-12-39(33,34)35)21-16-19(27)6-8-23(21)37-25/h5-8,13-16,18,22H,2-4,9-12H2,1H3,(H-,30,31,32,33,34,35)/p+1. The van der Waals surface area contributed by atoms with Gasteiger partial charge in [0.2, 0.25) is 5.52 Å². The number of fused-ring (bicyclic) bond motifs is 2. The van der Waals surface area contributed by atoms with Crippen LogP contribution in [0, 0.1) is 0 Å². The van der Waals surface area contributed by atoms with Crippen LogP contribution in [0.25, 0.3) is 16.3 Å². The van der Waals surface area contributed by atoms with Gasteiger partial charge in [-0.1, -0.05) is 53.8 Å². The van der Waals surface area contributed by atoms with E-state index in [0.29, 0.717) is 24.5 Å². The Labute approximate surface area is 247 Å². The van der Waals surface area contributed by atoms with Crippen molar-refractivity contribution in [1.82, 2.24) is 4.90 Å². The number of benzene rings is 1. The van der Waals surface area contributed by atoms with Crippen LogP contribution in [0.1, 0.15) is 31.2 Å². The molecule has 14 heteroatoms.